The molecule has 7 heteroatoms. The Balaban J connectivity index is 1.52. The lowest BCUT2D eigenvalue weighted by Gasteiger charge is -2.08. The quantitative estimate of drug-likeness (QED) is 0.741. The number of rotatable bonds is 5. The predicted molar refractivity (Wildman–Crippen MR) is 90.0 cm³/mol. The van der Waals surface area contributed by atoms with E-state index < -0.39 is 0 Å². The molecule has 2 N–H and O–H groups in total. The Kier molecular flexibility index (Phi) is 4.93. The number of urea groups is 1. The number of carbonyl (C=O) groups excluding carboxylic acids is 1. The zero-order chi connectivity index (χ0) is 17.5. The highest BCUT2D eigenvalue weighted by Crippen LogP contribution is 2.23. The number of benzene rings is 2. The van der Waals surface area contributed by atoms with Crippen LogP contribution in [0.1, 0.15) is 11.3 Å². The van der Waals surface area contributed by atoms with Crippen LogP contribution < -0.4 is 15.4 Å². The molecule has 2 amide bonds. The summed E-state index contributed by atoms with van der Waals surface area (Å²) in [5.74, 6) is 1.25. The third kappa shape index (κ3) is 4.59. The van der Waals surface area contributed by atoms with Gasteiger partial charge in [0.15, 0.2) is 0 Å². The number of anilines is 1. The molecule has 124 valence electrons. The Morgan fingerprint density at radius 2 is 1.76 bits per heavy atom. The highest BCUT2D eigenvalue weighted by atomic mass is 16.5. The molecule has 3 aromatic rings. The van der Waals surface area contributed by atoms with Crippen molar-refractivity contribution in [2.24, 2.45) is 0 Å². The first kappa shape index (κ1) is 16.1. The summed E-state index contributed by atoms with van der Waals surface area (Å²) in [4.78, 5) is 11.8. The smallest absolute Gasteiger partial charge is 0.319 e. The van der Waals surface area contributed by atoms with E-state index >= 15 is 0 Å². The van der Waals surface area contributed by atoms with Crippen molar-refractivity contribution in [3.8, 4) is 17.6 Å². The highest BCUT2D eigenvalue weighted by molar-refractivity contribution is 5.89. The summed E-state index contributed by atoms with van der Waals surface area (Å²) < 4.78 is 10.4. The number of nitrogens with zero attached hydrogens (tertiary/aromatic N) is 2. The van der Waals surface area contributed by atoms with Crippen molar-refractivity contribution in [2.45, 2.75) is 6.54 Å². The van der Waals surface area contributed by atoms with E-state index in [1.807, 2.05) is 0 Å². The minimum absolute atomic E-state index is 0.280. The lowest BCUT2D eigenvalue weighted by molar-refractivity contribution is 0.251. The molecular formula is C18H14N4O3. The van der Waals surface area contributed by atoms with Crippen molar-refractivity contribution >= 4 is 11.7 Å². The van der Waals surface area contributed by atoms with Gasteiger partial charge in [-0.3, -0.25) is 0 Å². The zero-order valence-electron chi connectivity index (χ0n) is 13.1. The molecule has 0 aliphatic carbocycles. The number of aromatic nitrogens is 1. The minimum Gasteiger partial charge on any atom is -0.457 e. The van der Waals surface area contributed by atoms with Gasteiger partial charge in [0.05, 0.1) is 18.2 Å². The first-order chi connectivity index (χ1) is 12.2. The molecule has 7 nitrogen and oxygen atoms in total. The molecule has 0 saturated heterocycles. The van der Waals surface area contributed by atoms with Crippen LogP contribution in [0.25, 0.3) is 0 Å². The van der Waals surface area contributed by atoms with E-state index in [9.17, 15) is 4.79 Å². The molecule has 0 atom stereocenters. The van der Waals surface area contributed by atoms with E-state index in [0.29, 0.717) is 28.4 Å². The van der Waals surface area contributed by atoms with Crippen molar-refractivity contribution in [1.82, 2.24) is 10.5 Å². The first-order valence-corrected chi connectivity index (χ1v) is 7.45. The fraction of sp³-hybridized carbons (Fsp3) is 0.0556. The van der Waals surface area contributed by atoms with Crippen LogP contribution >= 0.6 is 0 Å². The lowest BCUT2D eigenvalue weighted by atomic mass is 10.2. The van der Waals surface area contributed by atoms with Gasteiger partial charge in [0.1, 0.15) is 23.5 Å². The minimum atomic E-state index is -0.344. The van der Waals surface area contributed by atoms with Crippen LogP contribution in [0.3, 0.4) is 0 Å². The summed E-state index contributed by atoms with van der Waals surface area (Å²) in [6.07, 6.45) is 1.45. The van der Waals surface area contributed by atoms with Crippen molar-refractivity contribution < 1.29 is 14.1 Å². The van der Waals surface area contributed by atoms with Gasteiger partial charge in [-0.15, -0.1) is 0 Å². The number of ether oxygens (including phenoxy) is 1. The summed E-state index contributed by atoms with van der Waals surface area (Å²) in [6, 6.07) is 17.1. The number of hydrogen-bond donors (Lipinski definition) is 2. The monoisotopic (exact) mass is 334 g/mol. The molecule has 0 bridgehead atoms. The van der Waals surface area contributed by atoms with Crippen molar-refractivity contribution in [1.29, 1.82) is 5.26 Å². The summed E-state index contributed by atoms with van der Waals surface area (Å²) in [5.41, 5.74) is 1.84. The Hall–Kier alpha value is -3.79. The van der Waals surface area contributed by atoms with Gasteiger partial charge in [0.2, 0.25) is 0 Å². The normalized spacial score (nSPS) is 9.88. The third-order valence-corrected chi connectivity index (χ3v) is 3.25. The molecule has 0 fully saturated rings. The molecule has 0 aliphatic heterocycles. The fourth-order valence-electron chi connectivity index (χ4n) is 2.01. The first-order valence-electron chi connectivity index (χ1n) is 7.45. The molecular weight excluding hydrogens is 320 g/mol. The maximum absolute atomic E-state index is 11.8. The zero-order valence-corrected chi connectivity index (χ0v) is 13.1. The molecule has 0 unspecified atom stereocenters. The molecule has 25 heavy (non-hydrogen) atoms. The largest absolute Gasteiger partial charge is 0.457 e. The maximum Gasteiger partial charge on any atom is 0.319 e. The summed E-state index contributed by atoms with van der Waals surface area (Å²) in [7, 11) is 0. The van der Waals surface area contributed by atoms with Crippen LogP contribution in [-0.2, 0) is 6.54 Å². The summed E-state index contributed by atoms with van der Waals surface area (Å²) in [6.45, 7) is 0.280. The van der Waals surface area contributed by atoms with Gasteiger partial charge in [0.25, 0.3) is 0 Å². The molecule has 1 heterocycles. The number of nitriles is 1. The van der Waals surface area contributed by atoms with Gasteiger partial charge in [0, 0.05) is 11.8 Å². The average Bonchev–Trinajstić information content (AvgIpc) is 3.16. The van der Waals surface area contributed by atoms with Gasteiger partial charge in [-0.1, -0.05) is 5.16 Å². The Bertz CT molecular complexity index is 866. The average molecular weight is 334 g/mol. The van der Waals surface area contributed by atoms with Crippen LogP contribution in [0, 0.1) is 11.3 Å². The van der Waals surface area contributed by atoms with Crippen LogP contribution in [0.15, 0.2) is 65.4 Å². The second-order valence-electron chi connectivity index (χ2n) is 5.06. The van der Waals surface area contributed by atoms with E-state index in [0.717, 1.165) is 0 Å². The van der Waals surface area contributed by atoms with E-state index in [-0.39, 0.29) is 12.6 Å². The number of carbonyl (C=O) groups is 1. The topological polar surface area (TPSA) is 100 Å². The van der Waals surface area contributed by atoms with Gasteiger partial charge in [-0.05, 0) is 48.5 Å². The molecule has 3 rings (SSSR count). The highest BCUT2D eigenvalue weighted by Gasteiger charge is 2.04. The molecule has 1 aromatic heterocycles. The van der Waals surface area contributed by atoms with Crippen molar-refractivity contribution in [3.05, 3.63) is 72.1 Å². The predicted octanol–water partition coefficient (Wildman–Crippen LogP) is 3.66. The van der Waals surface area contributed by atoms with Gasteiger partial charge in [-0.25, -0.2) is 4.79 Å². The van der Waals surface area contributed by atoms with E-state index in [2.05, 4.69) is 26.4 Å². The molecule has 0 aliphatic rings. The Morgan fingerprint density at radius 3 is 2.36 bits per heavy atom. The molecule has 0 radical (unpaired) electrons. The second-order valence-corrected chi connectivity index (χ2v) is 5.06. The summed E-state index contributed by atoms with van der Waals surface area (Å²) in [5, 5.41) is 17.9. The molecule has 0 spiro atoms. The number of amides is 2. The second kappa shape index (κ2) is 7.66. The van der Waals surface area contributed by atoms with Gasteiger partial charge in [-0.2, -0.15) is 5.26 Å². The van der Waals surface area contributed by atoms with Crippen molar-refractivity contribution in [2.75, 3.05) is 5.32 Å². The van der Waals surface area contributed by atoms with Crippen LogP contribution in [0.5, 0.6) is 11.5 Å². The lowest BCUT2D eigenvalue weighted by Crippen LogP contribution is -2.28. The standard InChI is InChI=1S/C18H14N4O3/c19-11-13-1-5-16(6-2-13)25-17-7-3-14(4-8-17)21-18(23)20-12-15-9-10-24-22-15/h1-10H,12H2,(H2,20,21,23). The Morgan fingerprint density at radius 1 is 1.08 bits per heavy atom. The van der Waals surface area contributed by atoms with Gasteiger partial charge < -0.3 is 19.9 Å². The SMILES string of the molecule is N#Cc1ccc(Oc2ccc(NC(=O)NCc3ccon3)cc2)cc1. The van der Waals surface area contributed by atoms with Crippen LogP contribution in [-0.4, -0.2) is 11.2 Å². The van der Waals surface area contributed by atoms with Crippen molar-refractivity contribution in [3.63, 3.8) is 0 Å². The van der Waals surface area contributed by atoms with E-state index in [1.165, 1.54) is 6.26 Å². The fourth-order valence-corrected chi connectivity index (χ4v) is 2.01. The Labute approximate surface area is 143 Å². The summed E-state index contributed by atoms with van der Waals surface area (Å²) >= 11 is 0. The number of nitrogens with one attached hydrogen (secondary N) is 2. The molecule has 2 aromatic carbocycles. The maximum atomic E-state index is 11.8. The van der Waals surface area contributed by atoms with Crippen LogP contribution in [0.4, 0.5) is 10.5 Å². The van der Waals surface area contributed by atoms with E-state index in [4.69, 9.17) is 10.00 Å². The third-order valence-electron chi connectivity index (χ3n) is 3.25. The molecule has 0 saturated carbocycles. The van der Waals surface area contributed by atoms with Crippen LogP contribution in [0.2, 0.25) is 0 Å². The van der Waals surface area contributed by atoms with Gasteiger partial charge >= 0.3 is 6.03 Å². The van der Waals surface area contributed by atoms with E-state index in [1.54, 1.807) is 54.6 Å². The number of hydrogen-bond acceptors (Lipinski definition) is 5.